The molecule has 3 rings (SSSR count). The van der Waals surface area contributed by atoms with Gasteiger partial charge in [-0.25, -0.2) is 5.43 Å². The highest BCUT2D eigenvalue weighted by atomic mass is 16.2. The molecule has 0 bridgehead atoms. The van der Waals surface area contributed by atoms with E-state index in [0.717, 1.165) is 11.3 Å². The van der Waals surface area contributed by atoms with Crippen LogP contribution in [0.15, 0.2) is 65.8 Å². The zero-order valence-electron chi connectivity index (χ0n) is 12.0. The summed E-state index contributed by atoms with van der Waals surface area (Å²) >= 11 is 0. The number of benzene rings is 2. The lowest BCUT2D eigenvalue weighted by atomic mass is 9.90. The lowest BCUT2D eigenvalue weighted by Crippen LogP contribution is -2.36. The van der Waals surface area contributed by atoms with Crippen LogP contribution in [0.1, 0.15) is 28.8 Å². The number of carbonyl (C=O) groups is 2. The van der Waals surface area contributed by atoms with E-state index in [1.807, 2.05) is 48.5 Å². The Morgan fingerprint density at radius 2 is 1.68 bits per heavy atom. The van der Waals surface area contributed by atoms with Gasteiger partial charge in [-0.15, -0.1) is 0 Å². The second-order valence-corrected chi connectivity index (χ2v) is 5.29. The second-order valence-electron chi connectivity index (χ2n) is 5.29. The lowest BCUT2D eigenvalue weighted by molar-refractivity contribution is -0.125. The molecule has 0 fully saturated rings. The van der Waals surface area contributed by atoms with Crippen molar-refractivity contribution in [1.29, 1.82) is 0 Å². The summed E-state index contributed by atoms with van der Waals surface area (Å²) in [6.45, 7) is 0. The first kappa shape index (κ1) is 14.2. The molecule has 0 spiro atoms. The summed E-state index contributed by atoms with van der Waals surface area (Å²) in [5, 5.41) is 4.12. The zero-order valence-corrected chi connectivity index (χ0v) is 12.0. The summed E-state index contributed by atoms with van der Waals surface area (Å²) in [7, 11) is 0. The van der Waals surface area contributed by atoms with Crippen LogP contribution in [0.4, 0.5) is 0 Å². The third kappa shape index (κ3) is 3.11. The molecule has 110 valence electrons. The summed E-state index contributed by atoms with van der Waals surface area (Å²) < 4.78 is 0. The largest absolute Gasteiger partial charge is 0.294 e. The van der Waals surface area contributed by atoms with Crippen LogP contribution < -0.4 is 5.43 Å². The van der Waals surface area contributed by atoms with E-state index in [-0.39, 0.29) is 24.0 Å². The molecule has 0 saturated carbocycles. The van der Waals surface area contributed by atoms with Crippen LogP contribution in [0, 0.1) is 5.92 Å². The molecule has 4 nitrogen and oxygen atoms in total. The molecule has 22 heavy (non-hydrogen) atoms. The van der Waals surface area contributed by atoms with E-state index in [0.29, 0.717) is 12.0 Å². The van der Waals surface area contributed by atoms with Gasteiger partial charge in [0.1, 0.15) is 0 Å². The smallest absolute Gasteiger partial charge is 0.244 e. The minimum absolute atomic E-state index is 0.0185. The van der Waals surface area contributed by atoms with Crippen molar-refractivity contribution in [3.05, 3.63) is 71.8 Å². The Morgan fingerprint density at radius 3 is 2.36 bits per heavy atom. The summed E-state index contributed by atoms with van der Waals surface area (Å²) in [4.78, 5) is 24.2. The van der Waals surface area contributed by atoms with Crippen LogP contribution in [0.3, 0.4) is 0 Å². The van der Waals surface area contributed by atoms with Crippen LogP contribution in [-0.2, 0) is 4.79 Å². The van der Waals surface area contributed by atoms with Gasteiger partial charge in [0.25, 0.3) is 0 Å². The highest BCUT2D eigenvalue weighted by Gasteiger charge is 2.28. The number of amides is 1. The Balaban J connectivity index is 1.73. The monoisotopic (exact) mass is 292 g/mol. The third-order valence-electron chi connectivity index (χ3n) is 3.75. The molecule has 1 atom stereocenters. The van der Waals surface area contributed by atoms with Gasteiger partial charge in [-0.05, 0) is 5.56 Å². The highest BCUT2D eigenvalue weighted by molar-refractivity contribution is 6.06. The highest BCUT2D eigenvalue weighted by Crippen LogP contribution is 2.20. The molecule has 1 N–H and O–H groups in total. The topological polar surface area (TPSA) is 58.5 Å². The zero-order chi connectivity index (χ0) is 15.4. The van der Waals surface area contributed by atoms with Gasteiger partial charge in [0.15, 0.2) is 5.78 Å². The third-order valence-corrected chi connectivity index (χ3v) is 3.75. The van der Waals surface area contributed by atoms with Crippen LogP contribution in [-0.4, -0.2) is 17.4 Å². The quantitative estimate of drug-likeness (QED) is 0.881. The molecule has 1 aliphatic heterocycles. The van der Waals surface area contributed by atoms with Crippen LogP contribution >= 0.6 is 0 Å². The van der Waals surface area contributed by atoms with E-state index in [1.54, 1.807) is 12.1 Å². The van der Waals surface area contributed by atoms with Gasteiger partial charge < -0.3 is 0 Å². The average molecular weight is 292 g/mol. The summed E-state index contributed by atoms with van der Waals surface area (Å²) in [6.07, 6.45) is 0.677. The average Bonchev–Trinajstić information content (AvgIpc) is 2.58. The van der Waals surface area contributed by atoms with Crippen molar-refractivity contribution in [2.24, 2.45) is 11.0 Å². The van der Waals surface area contributed by atoms with Gasteiger partial charge in [0.2, 0.25) is 5.91 Å². The van der Waals surface area contributed by atoms with Crippen molar-refractivity contribution < 1.29 is 9.59 Å². The number of rotatable bonds is 4. The van der Waals surface area contributed by atoms with Crippen molar-refractivity contribution in [3.63, 3.8) is 0 Å². The molecule has 1 aliphatic rings. The van der Waals surface area contributed by atoms with Crippen molar-refractivity contribution >= 4 is 17.4 Å². The Bertz CT molecular complexity index is 708. The first-order valence-corrected chi connectivity index (χ1v) is 7.24. The van der Waals surface area contributed by atoms with Gasteiger partial charge in [0.05, 0.1) is 11.6 Å². The SMILES string of the molecule is O=C(CC1CC(c2ccccc2)=NNC1=O)c1ccccc1. The maximum absolute atomic E-state index is 12.3. The van der Waals surface area contributed by atoms with Gasteiger partial charge in [-0.2, -0.15) is 5.10 Å². The minimum Gasteiger partial charge on any atom is -0.294 e. The van der Waals surface area contributed by atoms with E-state index >= 15 is 0 Å². The van der Waals surface area contributed by atoms with Crippen LogP contribution in [0.5, 0.6) is 0 Å². The number of hydrogen-bond acceptors (Lipinski definition) is 3. The Kier molecular flexibility index (Phi) is 4.10. The molecule has 2 aromatic carbocycles. The molecule has 0 aliphatic carbocycles. The molecule has 0 saturated heterocycles. The molecule has 2 aromatic rings. The Hall–Kier alpha value is -2.75. The van der Waals surface area contributed by atoms with Crippen LogP contribution in [0.2, 0.25) is 0 Å². The Labute approximate surface area is 128 Å². The lowest BCUT2D eigenvalue weighted by Gasteiger charge is -2.21. The van der Waals surface area contributed by atoms with Gasteiger partial charge >= 0.3 is 0 Å². The van der Waals surface area contributed by atoms with E-state index < -0.39 is 0 Å². The van der Waals surface area contributed by atoms with E-state index in [4.69, 9.17) is 0 Å². The molecule has 0 aromatic heterocycles. The predicted molar refractivity (Wildman–Crippen MR) is 84.6 cm³/mol. The molecule has 4 heteroatoms. The molecular formula is C18H16N2O2. The van der Waals surface area contributed by atoms with Crippen molar-refractivity contribution in [2.75, 3.05) is 0 Å². The van der Waals surface area contributed by atoms with Crippen molar-refractivity contribution in [1.82, 2.24) is 5.43 Å². The number of carbonyl (C=O) groups excluding carboxylic acids is 2. The molecule has 1 heterocycles. The van der Waals surface area contributed by atoms with Gasteiger partial charge in [0, 0.05) is 18.4 Å². The normalized spacial score (nSPS) is 17.5. The summed E-state index contributed by atoms with van der Waals surface area (Å²) in [6, 6.07) is 18.8. The number of hydrogen-bond donors (Lipinski definition) is 1. The number of nitrogens with one attached hydrogen (secondary N) is 1. The van der Waals surface area contributed by atoms with Crippen molar-refractivity contribution in [3.8, 4) is 0 Å². The fraction of sp³-hybridized carbons (Fsp3) is 0.167. The maximum atomic E-state index is 12.3. The maximum Gasteiger partial charge on any atom is 0.244 e. The standard InChI is InChI=1S/C18H16N2O2/c21-17(14-9-5-2-6-10-14)12-15-11-16(19-20-18(15)22)13-7-3-1-4-8-13/h1-10,15H,11-12H2,(H,20,22). The molecule has 1 unspecified atom stereocenters. The summed E-state index contributed by atoms with van der Waals surface area (Å²) in [5.74, 6) is -0.584. The second kappa shape index (κ2) is 6.35. The molecule has 0 radical (unpaired) electrons. The van der Waals surface area contributed by atoms with Gasteiger partial charge in [-0.1, -0.05) is 60.7 Å². The fourth-order valence-electron chi connectivity index (χ4n) is 2.53. The minimum atomic E-state index is -0.375. The van der Waals surface area contributed by atoms with E-state index in [1.165, 1.54) is 0 Å². The fourth-order valence-corrected chi connectivity index (χ4v) is 2.53. The van der Waals surface area contributed by atoms with Crippen LogP contribution in [0.25, 0.3) is 0 Å². The number of Topliss-reactive ketones (excluding diaryl/α,β-unsaturated/α-hetero) is 1. The first-order chi connectivity index (χ1) is 10.7. The molecular weight excluding hydrogens is 276 g/mol. The Morgan fingerprint density at radius 1 is 1.05 bits per heavy atom. The molecule has 1 amide bonds. The predicted octanol–water partition coefficient (Wildman–Crippen LogP) is 2.80. The van der Waals surface area contributed by atoms with Gasteiger partial charge in [-0.3, -0.25) is 9.59 Å². The number of ketones is 1. The van der Waals surface area contributed by atoms with Crippen molar-refractivity contribution in [2.45, 2.75) is 12.8 Å². The summed E-state index contributed by atoms with van der Waals surface area (Å²) in [5.41, 5.74) is 4.96. The van der Waals surface area contributed by atoms with E-state index in [2.05, 4.69) is 10.5 Å². The number of hydrazone groups is 1. The first-order valence-electron chi connectivity index (χ1n) is 7.24. The number of nitrogens with zero attached hydrogens (tertiary/aromatic N) is 1. The van der Waals surface area contributed by atoms with E-state index in [9.17, 15) is 9.59 Å².